The van der Waals surface area contributed by atoms with Gasteiger partial charge in [-0.2, -0.15) is 0 Å². The summed E-state index contributed by atoms with van der Waals surface area (Å²) in [4.78, 5) is 4.76. The molecule has 0 aliphatic rings. The van der Waals surface area contributed by atoms with Crippen molar-refractivity contribution in [1.29, 1.82) is 0 Å². The molecule has 2 nitrogen and oxygen atoms in total. The van der Waals surface area contributed by atoms with E-state index in [4.69, 9.17) is 9.73 Å². The zero-order chi connectivity index (χ0) is 14.5. The van der Waals surface area contributed by atoms with Crippen molar-refractivity contribution in [2.24, 2.45) is 4.99 Å². The van der Waals surface area contributed by atoms with E-state index in [0.29, 0.717) is 6.61 Å². The molecule has 0 aliphatic carbocycles. The van der Waals surface area contributed by atoms with Crippen molar-refractivity contribution in [2.75, 3.05) is 6.61 Å². The van der Waals surface area contributed by atoms with Gasteiger partial charge in [0.1, 0.15) is 0 Å². The third kappa shape index (κ3) is 9.29. The molecule has 19 heavy (non-hydrogen) atoms. The number of rotatable bonds is 10. The molecule has 0 fully saturated rings. The minimum Gasteiger partial charge on any atom is -0.501 e. The summed E-state index contributed by atoms with van der Waals surface area (Å²) in [5.41, 5.74) is 3.60. The van der Waals surface area contributed by atoms with E-state index in [1.54, 1.807) is 6.26 Å². The van der Waals surface area contributed by atoms with Gasteiger partial charge >= 0.3 is 0 Å². The molecule has 0 aromatic rings. The fourth-order valence-electron chi connectivity index (χ4n) is 1.52. The average molecular weight is 263 g/mol. The van der Waals surface area contributed by atoms with Crippen molar-refractivity contribution >= 4 is 5.71 Å². The van der Waals surface area contributed by atoms with Crippen LogP contribution in [-0.4, -0.2) is 12.3 Å². The van der Waals surface area contributed by atoms with E-state index in [2.05, 4.69) is 34.3 Å². The van der Waals surface area contributed by atoms with E-state index in [9.17, 15) is 0 Å². The summed E-state index contributed by atoms with van der Waals surface area (Å²) >= 11 is 0. The zero-order valence-corrected chi connectivity index (χ0v) is 13.0. The molecule has 0 aromatic carbocycles. The van der Waals surface area contributed by atoms with Crippen LogP contribution in [0.25, 0.3) is 0 Å². The number of hydrogen-bond acceptors (Lipinski definition) is 2. The highest BCUT2D eigenvalue weighted by molar-refractivity contribution is 5.95. The second kappa shape index (κ2) is 11.8. The number of nitrogens with zero attached hydrogens (tertiary/aromatic N) is 1. The second-order valence-corrected chi connectivity index (χ2v) is 4.76. The molecule has 0 saturated heterocycles. The van der Waals surface area contributed by atoms with Crippen molar-refractivity contribution in [2.45, 2.75) is 59.8 Å². The van der Waals surface area contributed by atoms with E-state index >= 15 is 0 Å². The third-order valence-corrected chi connectivity index (χ3v) is 2.78. The monoisotopic (exact) mass is 263 g/mol. The highest BCUT2D eigenvalue weighted by Crippen LogP contribution is 2.15. The Morgan fingerprint density at radius 3 is 2.53 bits per heavy atom. The Hall–Kier alpha value is -1.31. The Balaban J connectivity index is 4.57. The van der Waals surface area contributed by atoms with Gasteiger partial charge in [0, 0.05) is 11.4 Å². The number of hydrogen-bond donors (Lipinski definition) is 0. The molecule has 0 amide bonds. The minimum atomic E-state index is 0.683. The molecule has 0 rings (SSSR count). The molecule has 0 atom stereocenters. The SMILES string of the molecule is C=CCCOC=CC(CC)=NC(CCCC)=C(C)C. The van der Waals surface area contributed by atoms with E-state index < -0.39 is 0 Å². The fraction of sp³-hybridized carbons (Fsp3) is 0.588. The summed E-state index contributed by atoms with van der Waals surface area (Å²) in [5, 5.41) is 0. The number of allylic oxidation sites excluding steroid dienone is 3. The van der Waals surface area contributed by atoms with Crippen LogP contribution < -0.4 is 0 Å². The molecule has 0 aromatic heterocycles. The van der Waals surface area contributed by atoms with E-state index in [1.165, 1.54) is 24.1 Å². The van der Waals surface area contributed by atoms with Gasteiger partial charge in [0.15, 0.2) is 0 Å². The standard InChI is InChI=1S/C17H29NO/c1-6-9-11-17(15(4)5)18-16(8-3)12-14-19-13-10-7-2/h7,12,14H,2,6,8-11,13H2,1,3-5H3. The van der Waals surface area contributed by atoms with Crippen LogP contribution in [0, 0.1) is 0 Å². The Bertz CT molecular complexity index is 333. The minimum absolute atomic E-state index is 0.683. The van der Waals surface area contributed by atoms with Gasteiger partial charge in [-0.15, -0.1) is 6.58 Å². The third-order valence-electron chi connectivity index (χ3n) is 2.78. The van der Waals surface area contributed by atoms with Gasteiger partial charge in [-0.3, -0.25) is 4.99 Å². The number of unbranched alkanes of at least 4 members (excludes halogenated alkanes) is 1. The van der Waals surface area contributed by atoms with Crippen LogP contribution in [0.3, 0.4) is 0 Å². The summed E-state index contributed by atoms with van der Waals surface area (Å²) in [7, 11) is 0. The van der Waals surface area contributed by atoms with Gasteiger partial charge in [0.25, 0.3) is 0 Å². The lowest BCUT2D eigenvalue weighted by molar-refractivity contribution is 0.256. The van der Waals surface area contributed by atoms with E-state index in [-0.39, 0.29) is 0 Å². The Labute approximate surface area is 119 Å². The Morgan fingerprint density at radius 2 is 2.00 bits per heavy atom. The van der Waals surface area contributed by atoms with E-state index in [0.717, 1.165) is 25.0 Å². The molecule has 0 saturated carbocycles. The Morgan fingerprint density at radius 1 is 1.26 bits per heavy atom. The first-order chi connectivity index (χ1) is 9.15. The van der Waals surface area contributed by atoms with Gasteiger partial charge in [-0.1, -0.05) is 31.9 Å². The van der Waals surface area contributed by atoms with Crippen molar-refractivity contribution in [3.8, 4) is 0 Å². The van der Waals surface area contributed by atoms with Crippen molar-refractivity contribution in [1.82, 2.24) is 0 Å². The van der Waals surface area contributed by atoms with Gasteiger partial charge < -0.3 is 4.74 Å². The summed E-state index contributed by atoms with van der Waals surface area (Å²) in [5.74, 6) is 0. The van der Waals surface area contributed by atoms with Gasteiger partial charge in [0.2, 0.25) is 0 Å². The van der Waals surface area contributed by atoms with Crippen LogP contribution in [0.5, 0.6) is 0 Å². The van der Waals surface area contributed by atoms with Gasteiger partial charge in [0.05, 0.1) is 12.9 Å². The fourth-order valence-corrected chi connectivity index (χ4v) is 1.52. The van der Waals surface area contributed by atoms with Crippen LogP contribution >= 0.6 is 0 Å². The first-order valence-electron chi connectivity index (χ1n) is 7.28. The molecule has 108 valence electrons. The summed E-state index contributed by atoms with van der Waals surface area (Å²) < 4.78 is 5.38. The summed E-state index contributed by atoms with van der Waals surface area (Å²) in [6, 6.07) is 0. The van der Waals surface area contributed by atoms with Crippen LogP contribution in [0.2, 0.25) is 0 Å². The lowest BCUT2D eigenvalue weighted by Crippen LogP contribution is -1.95. The van der Waals surface area contributed by atoms with E-state index in [1.807, 2.05) is 12.2 Å². The second-order valence-electron chi connectivity index (χ2n) is 4.76. The lowest BCUT2D eigenvalue weighted by Gasteiger charge is -2.06. The molecule has 0 unspecified atom stereocenters. The van der Waals surface area contributed by atoms with Crippen LogP contribution in [0.1, 0.15) is 59.8 Å². The quantitative estimate of drug-likeness (QED) is 0.223. The highest BCUT2D eigenvalue weighted by Gasteiger charge is 1.99. The number of aliphatic imine (C=N–C) groups is 1. The lowest BCUT2D eigenvalue weighted by atomic mass is 10.1. The zero-order valence-electron chi connectivity index (χ0n) is 13.0. The average Bonchev–Trinajstić information content (AvgIpc) is 2.40. The predicted octanol–water partition coefficient (Wildman–Crippen LogP) is 5.43. The highest BCUT2D eigenvalue weighted by atomic mass is 16.5. The molecule has 0 spiro atoms. The first kappa shape index (κ1) is 17.7. The van der Waals surface area contributed by atoms with Crippen molar-refractivity contribution in [3.05, 3.63) is 36.3 Å². The van der Waals surface area contributed by atoms with Crippen molar-refractivity contribution < 1.29 is 4.74 Å². The Kier molecular flexibility index (Phi) is 11.0. The molecular weight excluding hydrogens is 234 g/mol. The molecule has 0 heterocycles. The normalized spacial score (nSPS) is 11.7. The summed E-state index contributed by atoms with van der Waals surface area (Å²) in [6.45, 7) is 12.9. The maximum Gasteiger partial charge on any atom is 0.0907 e. The van der Waals surface area contributed by atoms with Crippen molar-refractivity contribution in [3.63, 3.8) is 0 Å². The van der Waals surface area contributed by atoms with Crippen LogP contribution in [0.4, 0.5) is 0 Å². The molecule has 0 radical (unpaired) electrons. The van der Waals surface area contributed by atoms with Crippen LogP contribution in [0.15, 0.2) is 41.3 Å². The maximum atomic E-state index is 5.38. The molecule has 0 N–H and O–H groups in total. The molecule has 2 heteroatoms. The van der Waals surface area contributed by atoms with Gasteiger partial charge in [-0.25, -0.2) is 0 Å². The van der Waals surface area contributed by atoms with Crippen LogP contribution in [-0.2, 0) is 4.74 Å². The molecular formula is C17H29NO. The first-order valence-corrected chi connectivity index (χ1v) is 7.28. The predicted molar refractivity (Wildman–Crippen MR) is 85.5 cm³/mol. The summed E-state index contributed by atoms with van der Waals surface area (Å²) in [6.07, 6.45) is 10.8. The molecule has 0 bridgehead atoms. The maximum absolute atomic E-state index is 5.38. The number of ether oxygens (including phenoxy) is 1. The molecule has 0 aliphatic heterocycles. The topological polar surface area (TPSA) is 21.6 Å². The largest absolute Gasteiger partial charge is 0.501 e. The van der Waals surface area contributed by atoms with Gasteiger partial charge in [-0.05, 0) is 45.6 Å². The smallest absolute Gasteiger partial charge is 0.0907 e.